The first-order valence-corrected chi connectivity index (χ1v) is 6.38. The van der Waals surface area contributed by atoms with Gasteiger partial charge in [0, 0.05) is 17.9 Å². The van der Waals surface area contributed by atoms with Crippen molar-refractivity contribution in [3.63, 3.8) is 0 Å². The number of hydrogen-bond acceptors (Lipinski definition) is 2. The minimum atomic E-state index is 0.846. The Morgan fingerprint density at radius 3 is 2.57 bits per heavy atom. The highest BCUT2D eigenvalue weighted by atomic mass is 32.2. The molecular weight excluding hydrogens is 210 g/mol. The molecule has 0 heterocycles. The fourth-order valence-electron chi connectivity index (χ4n) is 1.07. The second-order valence-electron chi connectivity index (χ2n) is 3.11. The van der Waals surface area contributed by atoms with Gasteiger partial charge in [0.25, 0.3) is 0 Å². The molecule has 0 aromatic heterocycles. The van der Waals surface area contributed by atoms with E-state index in [1.165, 1.54) is 5.56 Å². The number of benzene rings is 1. The maximum Gasteiger partial charge on any atom is 0.106 e. The summed E-state index contributed by atoms with van der Waals surface area (Å²) in [6, 6.07) is 8.28. The summed E-state index contributed by atoms with van der Waals surface area (Å²) >= 11 is 7.08. The van der Waals surface area contributed by atoms with Crippen LogP contribution in [0.4, 0.5) is 0 Å². The van der Waals surface area contributed by atoms with Crippen LogP contribution in [0.15, 0.2) is 24.3 Å². The second kappa shape index (κ2) is 6.04. The fourth-order valence-corrected chi connectivity index (χ4v) is 1.62. The molecule has 3 heteroatoms. The van der Waals surface area contributed by atoms with E-state index in [4.69, 9.17) is 12.2 Å². The van der Waals surface area contributed by atoms with Gasteiger partial charge in [-0.3, -0.25) is 0 Å². The van der Waals surface area contributed by atoms with Gasteiger partial charge in [-0.25, -0.2) is 0 Å². The lowest BCUT2D eigenvalue weighted by molar-refractivity contribution is 0.995. The molecule has 0 aliphatic rings. The second-order valence-corrected chi connectivity index (χ2v) is 4.51. The summed E-state index contributed by atoms with van der Waals surface area (Å²) in [5.74, 6) is 1.09. The van der Waals surface area contributed by atoms with Crippen molar-refractivity contribution in [2.45, 2.75) is 6.92 Å². The maximum atomic E-state index is 5.26. The standard InChI is InChI=1S/C11H15NS2/c1-9-3-5-10(6-4-9)11(13)12-7-8-14-2/h3-6H,7-8H2,1-2H3,(H,12,13). The van der Waals surface area contributed by atoms with E-state index >= 15 is 0 Å². The van der Waals surface area contributed by atoms with E-state index in [1.807, 2.05) is 11.8 Å². The van der Waals surface area contributed by atoms with Crippen LogP contribution in [0.2, 0.25) is 0 Å². The van der Waals surface area contributed by atoms with Crippen LogP contribution in [0.1, 0.15) is 11.1 Å². The lowest BCUT2D eigenvalue weighted by atomic mass is 10.1. The Kier molecular flexibility index (Phi) is 4.98. The van der Waals surface area contributed by atoms with Gasteiger partial charge in [0.1, 0.15) is 4.99 Å². The molecule has 0 saturated carbocycles. The number of rotatable bonds is 4. The Hall–Kier alpha value is -0.540. The van der Waals surface area contributed by atoms with Crippen molar-refractivity contribution in [2.24, 2.45) is 0 Å². The van der Waals surface area contributed by atoms with Gasteiger partial charge in [-0.15, -0.1) is 0 Å². The first kappa shape index (κ1) is 11.5. The molecule has 0 amide bonds. The van der Waals surface area contributed by atoms with E-state index in [1.54, 1.807) is 0 Å². The molecule has 0 spiro atoms. The molecule has 0 bridgehead atoms. The van der Waals surface area contributed by atoms with Crippen LogP contribution in [0.3, 0.4) is 0 Å². The molecule has 1 aromatic rings. The molecule has 1 aromatic carbocycles. The van der Waals surface area contributed by atoms with Crippen molar-refractivity contribution in [1.82, 2.24) is 5.32 Å². The molecule has 1 N–H and O–H groups in total. The zero-order valence-electron chi connectivity index (χ0n) is 8.54. The van der Waals surface area contributed by atoms with E-state index in [0.29, 0.717) is 0 Å². The molecule has 0 radical (unpaired) electrons. The van der Waals surface area contributed by atoms with Crippen molar-refractivity contribution >= 4 is 29.0 Å². The summed E-state index contributed by atoms with van der Waals surface area (Å²) in [6.07, 6.45) is 2.09. The Balaban J connectivity index is 2.48. The van der Waals surface area contributed by atoms with Gasteiger partial charge in [-0.05, 0) is 13.2 Å². The van der Waals surface area contributed by atoms with Crippen molar-refractivity contribution in [1.29, 1.82) is 0 Å². The number of nitrogens with one attached hydrogen (secondary N) is 1. The molecule has 1 nitrogen and oxygen atoms in total. The average Bonchev–Trinajstić information content (AvgIpc) is 2.19. The average molecular weight is 225 g/mol. The normalized spacial score (nSPS) is 9.86. The van der Waals surface area contributed by atoms with Gasteiger partial charge < -0.3 is 5.32 Å². The molecule has 76 valence electrons. The molecule has 0 fully saturated rings. The van der Waals surface area contributed by atoms with Crippen molar-refractivity contribution in [3.8, 4) is 0 Å². The summed E-state index contributed by atoms with van der Waals surface area (Å²) in [7, 11) is 0. The first-order chi connectivity index (χ1) is 6.74. The maximum absolute atomic E-state index is 5.26. The van der Waals surface area contributed by atoms with Crippen LogP contribution in [-0.4, -0.2) is 23.5 Å². The third-order valence-corrected chi connectivity index (χ3v) is 2.90. The van der Waals surface area contributed by atoms with E-state index < -0.39 is 0 Å². The molecular formula is C11H15NS2. The van der Waals surface area contributed by atoms with E-state index in [9.17, 15) is 0 Å². The van der Waals surface area contributed by atoms with Gasteiger partial charge >= 0.3 is 0 Å². The quantitative estimate of drug-likeness (QED) is 0.625. The predicted octanol–water partition coefficient (Wildman–Crippen LogP) is 2.62. The summed E-state index contributed by atoms with van der Waals surface area (Å²) in [6.45, 7) is 3.02. The molecule has 0 unspecified atom stereocenters. The van der Waals surface area contributed by atoms with Crippen molar-refractivity contribution in [3.05, 3.63) is 35.4 Å². The van der Waals surface area contributed by atoms with Crippen LogP contribution in [-0.2, 0) is 0 Å². The lowest BCUT2D eigenvalue weighted by Crippen LogP contribution is -2.24. The Bertz CT molecular complexity index is 293. The molecule has 0 aliphatic heterocycles. The van der Waals surface area contributed by atoms with Gasteiger partial charge in [0.15, 0.2) is 0 Å². The number of thioether (sulfide) groups is 1. The zero-order chi connectivity index (χ0) is 10.4. The van der Waals surface area contributed by atoms with Crippen LogP contribution < -0.4 is 5.32 Å². The molecule has 0 atom stereocenters. The largest absolute Gasteiger partial charge is 0.375 e. The molecule has 1 rings (SSSR count). The number of hydrogen-bond donors (Lipinski definition) is 1. The van der Waals surface area contributed by atoms with Gasteiger partial charge in [-0.1, -0.05) is 42.0 Å². The minimum Gasteiger partial charge on any atom is -0.375 e. The lowest BCUT2D eigenvalue weighted by Gasteiger charge is -2.07. The smallest absolute Gasteiger partial charge is 0.106 e. The first-order valence-electron chi connectivity index (χ1n) is 4.58. The summed E-state index contributed by atoms with van der Waals surface area (Å²) in [5.41, 5.74) is 2.37. The predicted molar refractivity (Wildman–Crippen MR) is 69.3 cm³/mol. The van der Waals surface area contributed by atoms with Crippen LogP contribution >= 0.6 is 24.0 Å². The highest BCUT2D eigenvalue weighted by molar-refractivity contribution is 7.98. The van der Waals surface area contributed by atoms with Gasteiger partial charge in [0.05, 0.1) is 0 Å². The highest BCUT2D eigenvalue weighted by Gasteiger charge is 1.98. The van der Waals surface area contributed by atoms with E-state index in [-0.39, 0.29) is 0 Å². The van der Waals surface area contributed by atoms with E-state index in [2.05, 4.69) is 42.8 Å². The summed E-state index contributed by atoms with van der Waals surface area (Å²) in [4.78, 5) is 0.846. The zero-order valence-corrected chi connectivity index (χ0v) is 10.2. The Morgan fingerprint density at radius 2 is 2.00 bits per heavy atom. The molecule has 0 aliphatic carbocycles. The topological polar surface area (TPSA) is 12.0 Å². The van der Waals surface area contributed by atoms with Gasteiger partial charge in [0.2, 0.25) is 0 Å². The van der Waals surface area contributed by atoms with Crippen LogP contribution in [0.25, 0.3) is 0 Å². The van der Waals surface area contributed by atoms with Crippen molar-refractivity contribution in [2.75, 3.05) is 18.6 Å². The third-order valence-electron chi connectivity index (χ3n) is 1.91. The highest BCUT2D eigenvalue weighted by Crippen LogP contribution is 2.03. The fraction of sp³-hybridized carbons (Fsp3) is 0.364. The summed E-state index contributed by atoms with van der Waals surface area (Å²) in [5, 5.41) is 3.23. The number of thiocarbonyl (C=S) groups is 1. The van der Waals surface area contributed by atoms with Gasteiger partial charge in [-0.2, -0.15) is 11.8 Å². The molecule has 0 saturated heterocycles. The summed E-state index contributed by atoms with van der Waals surface area (Å²) < 4.78 is 0. The van der Waals surface area contributed by atoms with Crippen LogP contribution in [0.5, 0.6) is 0 Å². The Morgan fingerprint density at radius 1 is 1.36 bits per heavy atom. The monoisotopic (exact) mass is 225 g/mol. The minimum absolute atomic E-state index is 0.846. The number of aryl methyl sites for hydroxylation is 1. The third kappa shape index (κ3) is 3.68. The van der Waals surface area contributed by atoms with E-state index in [0.717, 1.165) is 22.8 Å². The van der Waals surface area contributed by atoms with Crippen LogP contribution in [0, 0.1) is 6.92 Å². The molecule has 14 heavy (non-hydrogen) atoms. The van der Waals surface area contributed by atoms with Crippen molar-refractivity contribution < 1.29 is 0 Å². The Labute approximate surface area is 95.3 Å². The SMILES string of the molecule is CSCCNC(=S)c1ccc(C)cc1.